The van der Waals surface area contributed by atoms with Crippen LogP contribution < -0.4 is 0 Å². The van der Waals surface area contributed by atoms with Crippen LogP contribution in [0, 0.1) is 17.9 Å². The minimum Gasteiger partial charge on any atom is -0.238 e. The largest absolute Gasteiger partial charge is 0.238 e. The maximum absolute atomic E-state index is 9.50. The Balaban J connectivity index is 2.11. The lowest BCUT2D eigenvalue weighted by molar-refractivity contribution is 0.596. The molecule has 0 saturated carbocycles. The van der Waals surface area contributed by atoms with Gasteiger partial charge in [-0.3, -0.25) is 0 Å². The summed E-state index contributed by atoms with van der Waals surface area (Å²) < 4.78 is 0. The van der Waals surface area contributed by atoms with E-state index in [9.17, 15) is 5.26 Å². The first-order chi connectivity index (χ1) is 13.4. The Morgan fingerprint density at radius 2 is 1.79 bits per heavy atom. The molecule has 0 saturated heterocycles. The highest BCUT2D eigenvalue weighted by Crippen LogP contribution is 2.37. The van der Waals surface area contributed by atoms with Crippen molar-refractivity contribution in [1.29, 1.82) is 5.26 Å². The Morgan fingerprint density at radius 3 is 2.50 bits per heavy atom. The summed E-state index contributed by atoms with van der Waals surface area (Å²) in [5, 5.41) is 12.6. The van der Waals surface area contributed by atoms with Gasteiger partial charge in [0.15, 0.2) is 5.69 Å². The molecule has 1 aromatic heterocycles. The number of aromatic nitrogens is 2. The molecule has 134 valence electrons. The van der Waals surface area contributed by atoms with E-state index in [1.54, 1.807) is 12.1 Å². The number of nitrogens with zero attached hydrogens (tertiary/aromatic N) is 4. The molecule has 3 aromatic carbocycles. The highest BCUT2D eigenvalue weighted by atomic mass is 14.8. The van der Waals surface area contributed by atoms with Crippen molar-refractivity contribution in [2.75, 3.05) is 0 Å². The Labute approximate surface area is 163 Å². The van der Waals surface area contributed by atoms with Crippen molar-refractivity contribution >= 4 is 27.4 Å². The van der Waals surface area contributed by atoms with Crippen LogP contribution >= 0.6 is 0 Å². The lowest BCUT2D eigenvalue weighted by atomic mass is 9.82. The summed E-state index contributed by atoms with van der Waals surface area (Å²) in [6.07, 6.45) is 1.49. The van der Waals surface area contributed by atoms with Gasteiger partial charge in [-0.15, -0.1) is 0 Å². The predicted octanol–water partition coefficient (Wildman–Crippen LogP) is 6.17. The summed E-state index contributed by atoms with van der Waals surface area (Å²) in [5.74, 6) is 0. The van der Waals surface area contributed by atoms with Gasteiger partial charge in [-0.1, -0.05) is 45.0 Å². The number of hydrogen-bond donors (Lipinski definition) is 0. The van der Waals surface area contributed by atoms with Gasteiger partial charge in [-0.25, -0.2) is 14.8 Å². The molecule has 0 N–H and O–H groups in total. The van der Waals surface area contributed by atoms with Crippen molar-refractivity contribution in [3.8, 4) is 17.3 Å². The Morgan fingerprint density at radius 1 is 1.00 bits per heavy atom. The molecule has 4 aromatic rings. The fraction of sp³-hybridized carbons (Fsp3) is 0.167. The standard InChI is InChI=1S/C24H18N4/c1-24(2,3)21-11-16(9-15-7-5-6-8-19(15)21)22-20-12-18(26-4)10-17(13-25)23(20)28-14-27-22/h5-12,14H,1-3H3. The molecule has 0 aliphatic carbocycles. The van der Waals surface area contributed by atoms with Gasteiger partial charge in [-0.05, 0) is 46.0 Å². The summed E-state index contributed by atoms with van der Waals surface area (Å²) in [5.41, 5.74) is 4.27. The van der Waals surface area contributed by atoms with Gasteiger partial charge in [-0.2, -0.15) is 5.26 Å². The molecule has 0 aliphatic heterocycles. The van der Waals surface area contributed by atoms with Gasteiger partial charge in [0.1, 0.15) is 12.4 Å². The number of hydrogen-bond acceptors (Lipinski definition) is 3. The highest BCUT2D eigenvalue weighted by molar-refractivity contribution is 6.00. The third kappa shape index (κ3) is 2.86. The minimum atomic E-state index is -0.0437. The van der Waals surface area contributed by atoms with Gasteiger partial charge in [0.25, 0.3) is 0 Å². The second-order valence-corrected chi connectivity index (χ2v) is 7.83. The Bertz CT molecular complexity index is 1310. The van der Waals surface area contributed by atoms with Crippen molar-refractivity contribution in [3.05, 3.63) is 77.4 Å². The lowest BCUT2D eigenvalue weighted by Crippen LogP contribution is -2.12. The van der Waals surface area contributed by atoms with Crippen LogP contribution in [0.15, 0.2) is 54.9 Å². The van der Waals surface area contributed by atoms with Gasteiger partial charge in [0, 0.05) is 10.9 Å². The minimum absolute atomic E-state index is 0.0437. The second-order valence-electron chi connectivity index (χ2n) is 7.83. The molecule has 28 heavy (non-hydrogen) atoms. The highest BCUT2D eigenvalue weighted by Gasteiger charge is 2.20. The predicted molar refractivity (Wildman–Crippen MR) is 112 cm³/mol. The molecule has 0 unspecified atom stereocenters. The molecule has 0 aliphatic rings. The zero-order valence-corrected chi connectivity index (χ0v) is 16.0. The van der Waals surface area contributed by atoms with Gasteiger partial charge >= 0.3 is 0 Å². The van der Waals surface area contributed by atoms with Crippen molar-refractivity contribution < 1.29 is 0 Å². The van der Waals surface area contributed by atoms with Gasteiger partial charge in [0.05, 0.1) is 23.3 Å². The number of rotatable bonds is 1. The van der Waals surface area contributed by atoms with Crippen LogP contribution in [0.4, 0.5) is 5.69 Å². The maximum atomic E-state index is 9.50. The summed E-state index contributed by atoms with van der Waals surface area (Å²) in [7, 11) is 0. The first-order valence-corrected chi connectivity index (χ1v) is 9.02. The van der Waals surface area contributed by atoms with Crippen LogP contribution in [0.1, 0.15) is 31.9 Å². The number of fused-ring (bicyclic) bond motifs is 2. The van der Waals surface area contributed by atoms with E-state index in [0.29, 0.717) is 16.8 Å². The Kier molecular flexibility index (Phi) is 4.06. The van der Waals surface area contributed by atoms with Crippen LogP contribution in [0.25, 0.3) is 37.8 Å². The molecule has 0 atom stereocenters. The van der Waals surface area contributed by atoms with E-state index in [-0.39, 0.29) is 5.41 Å². The van der Waals surface area contributed by atoms with Crippen molar-refractivity contribution in [2.45, 2.75) is 26.2 Å². The number of nitriles is 1. The van der Waals surface area contributed by atoms with E-state index in [1.807, 2.05) is 6.07 Å². The van der Waals surface area contributed by atoms with Crippen LogP contribution in [0.5, 0.6) is 0 Å². The smallest absolute Gasteiger partial charge is 0.189 e. The molecule has 4 heteroatoms. The zero-order valence-electron chi connectivity index (χ0n) is 16.0. The van der Waals surface area contributed by atoms with Crippen molar-refractivity contribution in [3.63, 3.8) is 0 Å². The monoisotopic (exact) mass is 362 g/mol. The summed E-state index contributed by atoms with van der Waals surface area (Å²) in [6, 6.07) is 18.1. The molecule has 0 radical (unpaired) electrons. The van der Waals surface area contributed by atoms with Crippen molar-refractivity contribution in [1.82, 2.24) is 9.97 Å². The molecule has 0 bridgehead atoms. The topological polar surface area (TPSA) is 53.9 Å². The lowest BCUT2D eigenvalue weighted by Gasteiger charge is -2.23. The summed E-state index contributed by atoms with van der Waals surface area (Å²) in [4.78, 5) is 12.4. The maximum Gasteiger partial charge on any atom is 0.189 e. The second kappa shape index (κ2) is 6.44. The molecule has 1 heterocycles. The number of benzene rings is 3. The van der Waals surface area contributed by atoms with Gasteiger partial charge < -0.3 is 0 Å². The summed E-state index contributed by atoms with van der Waals surface area (Å²) >= 11 is 0. The molecular weight excluding hydrogens is 344 g/mol. The quantitative estimate of drug-likeness (QED) is 0.380. The van der Waals surface area contributed by atoms with Crippen LogP contribution in [0.3, 0.4) is 0 Å². The van der Waals surface area contributed by atoms with E-state index in [4.69, 9.17) is 6.57 Å². The molecular formula is C24H18N4. The third-order valence-electron chi connectivity index (χ3n) is 4.92. The van der Waals surface area contributed by atoms with E-state index in [2.05, 4.69) is 72.0 Å². The average Bonchev–Trinajstić information content (AvgIpc) is 2.70. The van der Waals surface area contributed by atoms with Crippen molar-refractivity contribution in [2.24, 2.45) is 0 Å². The van der Waals surface area contributed by atoms with E-state index in [0.717, 1.165) is 22.0 Å². The molecule has 0 amide bonds. The molecule has 4 nitrogen and oxygen atoms in total. The van der Waals surface area contributed by atoms with Crippen LogP contribution in [-0.4, -0.2) is 9.97 Å². The normalized spacial score (nSPS) is 11.3. The van der Waals surface area contributed by atoms with Gasteiger partial charge in [0.2, 0.25) is 0 Å². The van der Waals surface area contributed by atoms with E-state index in [1.165, 1.54) is 17.3 Å². The zero-order chi connectivity index (χ0) is 19.9. The first-order valence-electron chi connectivity index (χ1n) is 9.02. The fourth-order valence-corrected chi connectivity index (χ4v) is 3.60. The molecule has 4 rings (SSSR count). The van der Waals surface area contributed by atoms with E-state index >= 15 is 0 Å². The SMILES string of the molecule is [C-]#[N+]c1cc(C#N)c2ncnc(-c3cc(C(C)(C)C)c4ccccc4c3)c2c1. The fourth-order valence-electron chi connectivity index (χ4n) is 3.60. The Hall–Kier alpha value is -3.76. The molecule has 0 spiro atoms. The summed E-state index contributed by atoms with van der Waals surface area (Å²) in [6.45, 7) is 14.0. The third-order valence-corrected chi connectivity index (χ3v) is 4.92. The van der Waals surface area contributed by atoms with Crippen LogP contribution in [0.2, 0.25) is 0 Å². The molecule has 0 fully saturated rings. The average molecular weight is 362 g/mol. The first kappa shape index (κ1) is 17.6. The van der Waals surface area contributed by atoms with Crippen LogP contribution in [-0.2, 0) is 5.41 Å². The van der Waals surface area contributed by atoms with E-state index < -0.39 is 0 Å².